The Morgan fingerprint density at radius 1 is 1.19 bits per heavy atom. The summed E-state index contributed by atoms with van der Waals surface area (Å²) >= 11 is 0. The number of ether oxygens (including phenoxy) is 1. The van der Waals surface area contributed by atoms with Gasteiger partial charge >= 0.3 is 0 Å². The molecule has 2 aromatic rings. The number of nitrogens with zero attached hydrogens (tertiary/aromatic N) is 2. The molecule has 1 N–H and O–H groups in total. The minimum Gasteiger partial charge on any atom is -0.496 e. The lowest BCUT2D eigenvalue weighted by molar-refractivity contribution is -0.0164. The van der Waals surface area contributed by atoms with Gasteiger partial charge in [0, 0.05) is 17.7 Å². The molecule has 1 saturated heterocycles. The van der Waals surface area contributed by atoms with Crippen LogP contribution in [0.1, 0.15) is 40.8 Å². The van der Waals surface area contributed by atoms with Gasteiger partial charge in [0.25, 0.3) is 0 Å². The van der Waals surface area contributed by atoms with E-state index in [-0.39, 0.29) is 5.92 Å². The van der Waals surface area contributed by atoms with Gasteiger partial charge in [-0.2, -0.15) is 0 Å². The van der Waals surface area contributed by atoms with Gasteiger partial charge in [-0.15, -0.1) is 0 Å². The Hall–Kier alpha value is -1.91. The fourth-order valence-corrected chi connectivity index (χ4v) is 4.81. The number of aryl methyl sites for hydroxylation is 3. The van der Waals surface area contributed by atoms with Crippen LogP contribution in [0.3, 0.4) is 0 Å². The average Bonchev–Trinajstić information content (AvgIpc) is 2.77. The van der Waals surface area contributed by atoms with Crippen molar-refractivity contribution in [2.24, 2.45) is 5.92 Å². The quantitative estimate of drug-likeness (QED) is 0.902. The number of piperidine rings is 1. The molecule has 4 heteroatoms. The molecule has 1 aliphatic carbocycles. The van der Waals surface area contributed by atoms with Crippen molar-refractivity contribution in [3.05, 3.63) is 58.4 Å². The van der Waals surface area contributed by atoms with Gasteiger partial charge in [-0.3, -0.25) is 4.98 Å². The highest BCUT2D eigenvalue weighted by molar-refractivity contribution is 5.54. The summed E-state index contributed by atoms with van der Waals surface area (Å²) in [5, 5.41) is 12.3. The Balaban J connectivity index is 1.96. The summed E-state index contributed by atoms with van der Waals surface area (Å²) < 4.78 is 5.77. The van der Waals surface area contributed by atoms with E-state index in [9.17, 15) is 5.11 Å². The molecular formula is C22H28N2O2. The normalized spacial score (nSPS) is 23.8. The van der Waals surface area contributed by atoms with Crippen molar-refractivity contribution in [3.8, 4) is 5.75 Å². The number of pyridine rings is 1. The molecule has 1 aromatic carbocycles. The third-order valence-corrected chi connectivity index (χ3v) is 6.15. The molecule has 0 radical (unpaired) electrons. The summed E-state index contributed by atoms with van der Waals surface area (Å²) in [4.78, 5) is 7.04. The molecule has 0 bridgehead atoms. The van der Waals surface area contributed by atoms with Crippen LogP contribution in [-0.4, -0.2) is 42.2 Å². The SMILES string of the molecule is COc1cc(C)cc2c1C(O)(C1CCN(C)CC1)c1ncccc1CC2. The van der Waals surface area contributed by atoms with E-state index in [1.54, 1.807) is 7.11 Å². The first-order chi connectivity index (χ1) is 12.5. The minimum absolute atomic E-state index is 0.140. The molecule has 1 aliphatic heterocycles. The molecule has 0 saturated carbocycles. The maximum Gasteiger partial charge on any atom is 0.138 e. The molecule has 26 heavy (non-hydrogen) atoms. The number of fused-ring (bicyclic) bond motifs is 2. The van der Waals surface area contributed by atoms with Crippen LogP contribution >= 0.6 is 0 Å². The number of likely N-dealkylation sites (tertiary alicyclic amines) is 1. The number of hydrogen-bond acceptors (Lipinski definition) is 4. The third-order valence-electron chi connectivity index (χ3n) is 6.15. The summed E-state index contributed by atoms with van der Waals surface area (Å²) in [6.45, 7) is 4.09. The van der Waals surface area contributed by atoms with Gasteiger partial charge in [0.1, 0.15) is 11.4 Å². The molecular weight excluding hydrogens is 324 g/mol. The Morgan fingerprint density at radius 3 is 2.65 bits per heavy atom. The molecule has 0 spiro atoms. The molecule has 1 aromatic heterocycles. The van der Waals surface area contributed by atoms with Crippen molar-refractivity contribution in [1.29, 1.82) is 0 Å². The van der Waals surface area contributed by atoms with E-state index in [0.29, 0.717) is 0 Å². The Labute approximate surface area is 155 Å². The molecule has 138 valence electrons. The fraction of sp³-hybridized carbons (Fsp3) is 0.500. The molecule has 2 heterocycles. The predicted octanol–water partition coefficient (Wildman–Crippen LogP) is 3.07. The van der Waals surface area contributed by atoms with Crippen LogP contribution in [0.25, 0.3) is 0 Å². The topological polar surface area (TPSA) is 45.6 Å². The average molecular weight is 352 g/mol. The van der Waals surface area contributed by atoms with Crippen molar-refractivity contribution in [1.82, 2.24) is 9.88 Å². The zero-order chi connectivity index (χ0) is 18.3. The number of aliphatic hydroxyl groups is 1. The lowest BCUT2D eigenvalue weighted by Crippen LogP contribution is -2.44. The van der Waals surface area contributed by atoms with Crippen molar-refractivity contribution in [2.45, 2.75) is 38.2 Å². The number of rotatable bonds is 2. The molecule has 4 rings (SSSR count). The number of methoxy groups -OCH3 is 1. The monoisotopic (exact) mass is 352 g/mol. The van der Waals surface area contributed by atoms with Gasteiger partial charge in [-0.1, -0.05) is 12.1 Å². The lowest BCUT2D eigenvalue weighted by Gasteiger charge is -2.42. The van der Waals surface area contributed by atoms with Crippen LogP contribution in [0.2, 0.25) is 0 Å². The van der Waals surface area contributed by atoms with Gasteiger partial charge in [0.2, 0.25) is 0 Å². The lowest BCUT2D eigenvalue weighted by atomic mass is 9.72. The number of hydrogen-bond donors (Lipinski definition) is 1. The molecule has 1 atom stereocenters. The van der Waals surface area contributed by atoms with Crippen LogP contribution in [0.4, 0.5) is 0 Å². The van der Waals surface area contributed by atoms with Crippen LogP contribution in [0.5, 0.6) is 5.75 Å². The summed E-state index contributed by atoms with van der Waals surface area (Å²) in [7, 11) is 3.85. The van der Waals surface area contributed by atoms with Crippen molar-refractivity contribution in [3.63, 3.8) is 0 Å². The van der Waals surface area contributed by atoms with E-state index in [0.717, 1.165) is 61.3 Å². The highest BCUT2D eigenvalue weighted by Crippen LogP contribution is 2.49. The maximum atomic E-state index is 12.3. The number of aromatic nitrogens is 1. The van der Waals surface area contributed by atoms with E-state index >= 15 is 0 Å². The summed E-state index contributed by atoms with van der Waals surface area (Å²) in [5.74, 6) is 0.931. The van der Waals surface area contributed by atoms with Crippen LogP contribution in [0.15, 0.2) is 30.5 Å². The van der Waals surface area contributed by atoms with E-state index in [1.165, 1.54) is 11.1 Å². The van der Waals surface area contributed by atoms with Crippen molar-refractivity contribution in [2.75, 3.05) is 27.2 Å². The highest BCUT2D eigenvalue weighted by atomic mass is 16.5. The first-order valence-electron chi connectivity index (χ1n) is 9.57. The highest BCUT2D eigenvalue weighted by Gasteiger charge is 2.47. The van der Waals surface area contributed by atoms with E-state index < -0.39 is 5.60 Å². The maximum absolute atomic E-state index is 12.3. The van der Waals surface area contributed by atoms with Gasteiger partial charge < -0.3 is 14.7 Å². The zero-order valence-electron chi connectivity index (χ0n) is 16.0. The second-order valence-electron chi connectivity index (χ2n) is 7.86. The standard InChI is InChI=1S/C22H28N2O2/c1-15-13-17-7-6-16-5-4-10-23-21(16)22(25,20(17)19(14-15)26-3)18-8-11-24(2)12-9-18/h4-5,10,13-14,18,25H,6-9,11-12H2,1-3H3. The molecule has 2 aliphatic rings. The number of benzene rings is 1. The van der Waals surface area contributed by atoms with Crippen LogP contribution in [-0.2, 0) is 18.4 Å². The van der Waals surface area contributed by atoms with Gasteiger partial charge in [-0.25, -0.2) is 0 Å². The molecule has 1 fully saturated rings. The van der Waals surface area contributed by atoms with Gasteiger partial charge in [0.15, 0.2) is 0 Å². The van der Waals surface area contributed by atoms with Crippen molar-refractivity contribution < 1.29 is 9.84 Å². The van der Waals surface area contributed by atoms with Crippen LogP contribution < -0.4 is 4.74 Å². The second kappa shape index (κ2) is 6.67. The van der Waals surface area contributed by atoms with E-state index in [4.69, 9.17) is 9.72 Å². The third kappa shape index (κ3) is 2.72. The molecule has 4 nitrogen and oxygen atoms in total. The van der Waals surface area contributed by atoms with Gasteiger partial charge in [-0.05, 0) is 81.6 Å². The minimum atomic E-state index is -1.09. The Morgan fingerprint density at radius 2 is 1.92 bits per heavy atom. The molecule has 1 unspecified atom stereocenters. The summed E-state index contributed by atoms with van der Waals surface area (Å²) in [6.07, 6.45) is 5.53. The largest absolute Gasteiger partial charge is 0.496 e. The summed E-state index contributed by atoms with van der Waals surface area (Å²) in [5.41, 5.74) is 4.20. The van der Waals surface area contributed by atoms with E-state index in [1.807, 2.05) is 18.3 Å². The van der Waals surface area contributed by atoms with E-state index in [2.05, 4.69) is 31.0 Å². The first kappa shape index (κ1) is 17.5. The smallest absolute Gasteiger partial charge is 0.138 e. The van der Waals surface area contributed by atoms with Gasteiger partial charge in [0.05, 0.1) is 12.8 Å². The first-order valence-corrected chi connectivity index (χ1v) is 9.57. The Bertz CT molecular complexity index is 812. The second-order valence-corrected chi connectivity index (χ2v) is 7.86. The van der Waals surface area contributed by atoms with Crippen molar-refractivity contribution >= 4 is 0 Å². The Kier molecular flexibility index (Phi) is 4.49. The van der Waals surface area contributed by atoms with Crippen LogP contribution in [0, 0.1) is 12.8 Å². The predicted molar refractivity (Wildman–Crippen MR) is 103 cm³/mol. The molecule has 0 amide bonds. The summed E-state index contributed by atoms with van der Waals surface area (Å²) in [6, 6.07) is 8.36. The fourth-order valence-electron chi connectivity index (χ4n) is 4.81. The zero-order valence-corrected chi connectivity index (χ0v) is 16.0.